The van der Waals surface area contributed by atoms with Crippen LogP contribution < -0.4 is 10.2 Å². The fraction of sp³-hybridized carbons (Fsp3) is 0.333. The first kappa shape index (κ1) is 19.3. The van der Waals surface area contributed by atoms with Crippen molar-refractivity contribution in [1.82, 2.24) is 15.5 Å². The number of aromatic nitrogens is 2. The molecular weight excluding hydrogens is 399 g/mol. The van der Waals surface area contributed by atoms with Crippen LogP contribution >= 0.6 is 11.3 Å². The van der Waals surface area contributed by atoms with Crippen LogP contribution in [0.15, 0.2) is 18.2 Å². The summed E-state index contributed by atoms with van der Waals surface area (Å²) in [5.41, 5.74) is 0.487. The fourth-order valence-electron chi connectivity index (χ4n) is 2.47. The van der Waals surface area contributed by atoms with E-state index in [1.165, 1.54) is 24.0 Å². The normalized spacial score (nSPS) is 17.7. The Morgan fingerprint density at radius 2 is 2.30 bits per heavy atom. The molecule has 9 nitrogen and oxygen atoms in total. The Kier molecular flexibility index (Phi) is 5.77. The summed E-state index contributed by atoms with van der Waals surface area (Å²) in [5, 5.41) is 10.7. The number of cyclic esters (lactones) is 1. The molecule has 1 fully saturated rings. The Balaban J connectivity index is 1.75. The molecule has 0 radical (unpaired) electrons. The standard InChI is InChI=1S/C15H15FN4O5S2/c1-8(21)17-5-10-6-20(15(22)25-10)9-2-3-11(12(16)4-9)14-19-18-13(26-14)7-27(23)24/h2-4,10H,5-7H2,1H3,(H,17,21)(H,23,24)/t10-/m0/s1. The minimum atomic E-state index is -2.05. The predicted octanol–water partition coefficient (Wildman–Crippen LogP) is 1.53. The molecule has 144 valence electrons. The van der Waals surface area contributed by atoms with Crippen LogP contribution in [0.25, 0.3) is 10.6 Å². The van der Waals surface area contributed by atoms with Gasteiger partial charge in [0.1, 0.15) is 22.7 Å². The Morgan fingerprint density at radius 1 is 1.52 bits per heavy atom. The van der Waals surface area contributed by atoms with Gasteiger partial charge in [0.25, 0.3) is 0 Å². The third-order valence-corrected chi connectivity index (χ3v) is 5.32. The summed E-state index contributed by atoms with van der Waals surface area (Å²) in [6, 6.07) is 4.19. The molecule has 1 aliphatic rings. The number of halogens is 1. The maximum atomic E-state index is 14.5. The highest BCUT2D eigenvalue weighted by Gasteiger charge is 2.32. The summed E-state index contributed by atoms with van der Waals surface area (Å²) in [6.45, 7) is 1.72. The highest BCUT2D eigenvalue weighted by molar-refractivity contribution is 7.78. The van der Waals surface area contributed by atoms with Gasteiger partial charge in [0.2, 0.25) is 5.91 Å². The monoisotopic (exact) mass is 414 g/mol. The lowest BCUT2D eigenvalue weighted by Gasteiger charge is -2.14. The first-order valence-corrected chi connectivity index (χ1v) is 9.85. The van der Waals surface area contributed by atoms with E-state index >= 15 is 0 Å². The van der Waals surface area contributed by atoms with Gasteiger partial charge in [-0.15, -0.1) is 10.2 Å². The Bertz CT molecular complexity index is 906. The number of hydrogen-bond donors (Lipinski definition) is 2. The molecule has 1 aliphatic heterocycles. The van der Waals surface area contributed by atoms with Crippen molar-refractivity contribution in [2.45, 2.75) is 18.8 Å². The van der Waals surface area contributed by atoms with Gasteiger partial charge in [-0.2, -0.15) is 0 Å². The lowest BCUT2D eigenvalue weighted by Crippen LogP contribution is -2.33. The first-order valence-electron chi connectivity index (χ1n) is 7.76. The van der Waals surface area contributed by atoms with Gasteiger partial charge >= 0.3 is 6.09 Å². The van der Waals surface area contributed by atoms with Crippen molar-refractivity contribution in [3.05, 3.63) is 29.0 Å². The maximum Gasteiger partial charge on any atom is 0.414 e. The van der Waals surface area contributed by atoms with Crippen molar-refractivity contribution in [2.24, 2.45) is 0 Å². The second-order valence-corrected chi connectivity index (χ2v) is 7.68. The average molecular weight is 414 g/mol. The van der Waals surface area contributed by atoms with Crippen LogP contribution in [0.1, 0.15) is 11.9 Å². The molecule has 0 spiro atoms. The van der Waals surface area contributed by atoms with E-state index in [0.29, 0.717) is 10.7 Å². The smallest absolute Gasteiger partial charge is 0.414 e. The molecule has 12 heteroatoms. The molecule has 1 aromatic heterocycles. The molecule has 0 aliphatic carbocycles. The Labute approximate surface area is 159 Å². The number of hydrogen-bond acceptors (Lipinski definition) is 7. The minimum Gasteiger partial charge on any atom is -0.442 e. The van der Waals surface area contributed by atoms with E-state index in [9.17, 15) is 18.2 Å². The number of nitrogens with zero attached hydrogens (tertiary/aromatic N) is 3. The van der Waals surface area contributed by atoms with Gasteiger partial charge in [-0.1, -0.05) is 11.3 Å². The molecular formula is C15H15FN4O5S2. The summed E-state index contributed by atoms with van der Waals surface area (Å²) >= 11 is -1.04. The molecule has 0 saturated carbocycles. The minimum absolute atomic E-state index is 0.174. The summed E-state index contributed by atoms with van der Waals surface area (Å²) in [5.74, 6) is -1.02. The van der Waals surface area contributed by atoms with Crippen LogP contribution in [-0.2, 0) is 26.4 Å². The number of carbonyl (C=O) groups is 2. The fourth-order valence-corrected chi connectivity index (χ4v) is 3.94. The highest BCUT2D eigenvalue weighted by Crippen LogP contribution is 2.30. The van der Waals surface area contributed by atoms with E-state index in [1.807, 2.05) is 0 Å². The van der Waals surface area contributed by atoms with E-state index < -0.39 is 29.1 Å². The van der Waals surface area contributed by atoms with Gasteiger partial charge in [0.15, 0.2) is 16.1 Å². The topological polar surface area (TPSA) is 122 Å². The number of anilines is 1. The van der Waals surface area contributed by atoms with Gasteiger partial charge in [-0.25, -0.2) is 13.4 Å². The molecule has 0 bridgehead atoms. The van der Waals surface area contributed by atoms with Crippen molar-refractivity contribution in [2.75, 3.05) is 18.0 Å². The number of nitrogens with one attached hydrogen (secondary N) is 1. The van der Waals surface area contributed by atoms with Crippen molar-refractivity contribution >= 4 is 40.1 Å². The quantitative estimate of drug-likeness (QED) is 0.688. The second-order valence-electron chi connectivity index (χ2n) is 5.68. The summed E-state index contributed by atoms with van der Waals surface area (Å²) in [6.07, 6.45) is -1.14. The number of benzene rings is 1. The largest absolute Gasteiger partial charge is 0.442 e. The molecule has 27 heavy (non-hydrogen) atoms. The van der Waals surface area contributed by atoms with Gasteiger partial charge in [-0.3, -0.25) is 9.69 Å². The number of carbonyl (C=O) groups excluding carboxylic acids is 2. The van der Waals surface area contributed by atoms with Gasteiger partial charge in [0, 0.05) is 12.5 Å². The zero-order valence-corrected chi connectivity index (χ0v) is 15.7. The third kappa shape index (κ3) is 4.64. The molecule has 1 unspecified atom stereocenters. The van der Waals surface area contributed by atoms with E-state index in [-0.39, 0.29) is 35.3 Å². The lowest BCUT2D eigenvalue weighted by atomic mass is 10.2. The number of amides is 2. The van der Waals surface area contributed by atoms with Crippen LogP contribution in [0.2, 0.25) is 0 Å². The molecule has 1 aromatic carbocycles. The molecule has 2 N–H and O–H groups in total. The van der Waals surface area contributed by atoms with Crippen LogP contribution in [-0.4, -0.2) is 50.2 Å². The van der Waals surface area contributed by atoms with Crippen molar-refractivity contribution in [1.29, 1.82) is 0 Å². The summed E-state index contributed by atoms with van der Waals surface area (Å²) in [7, 11) is 0. The zero-order valence-electron chi connectivity index (χ0n) is 14.0. The number of ether oxygens (including phenoxy) is 1. The van der Waals surface area contributed by atoms with Crippen LogP contribution in [0.5, 0.6) is 0 Å². The molecule has 2 aromatic rings. The summed E-state index contributed by atoms with van der Waals surface area (Å²) < 4.78 is 39.4. The van der Waals surface area contributed by atoms with E-state index in [1.54, 1.807) is 6.07 Å². The van der Waals surface area contributed by atoms with E-state index in [0.717, 1.165) is 11.3 Å². The van der Waals surface area contributed by atoms with Crippen molar-refractivity contribution in [3.8, 4) is 10.6 Å². The zero-order chi connectivity index (χ0) is 19.6. The predicted molar refractivity (Wildman–Crippen MR) is 96.1 cm³/mol. The Morgan fingerprint density at radius 3 is 2.96 bits per heavy atom. The molecule has 1 saturated heterocycles. The molecule has 2 heterocycles. The van der Waals surface area contributed by atoms with Crippen LogP contribution in [0, 0.1) is 5.82 Å². The highest BCUT2D eigenvalue weighted by atomic mass is 32.2. The van der Waals surface area contributed by atoms with Crippen LogP contribution in [0.3, 0.4) is 0 Å². The third-order valence-electron chi connectivity index (χ3n) is 3.66. The van der Waals surface area contributed by atoms with Crippen LogP contribution in [0.4, 0.5) is 14.9 Å². The lowest BCUT2D eigenvalue weighted by molar-refractivity contribution is -0.119. The van der Waals surface area contributed by atoms with Crippen molar-refractivity contribution in [3.63, 3.8) is 0 Å². The van der Waals surface area contributed by atoms with E-state index in [2.05, 4.69) is 15.5 Å². The SMILES string of the molecule is CC(=O)NC[C@H]1CN(c2ccc(-c3nnc(CS(=O)O)s3)c(F)c2)C(=O)O1. The summed E-state index contributed by atoms with van der Waals surface area (Å²) in [4.78, 5) is 24.2. The number of rotatable bonds is 6. The van der Waals surface area contributed by atoms with Gasteiger partial charge in [-0.05, 0) is 18.2 Å². The first-order chi connectivity index (χ1) is 12.8. The Hall–Kier alpha value is -2.44. The average Bonchev–Trinajstić information content (AvgIpc) is 3.19. The molecule has 2 atom stereocenters. The van der Waals surface area contributed by atoms with E-state index in [4.69, 9.17) is 9.29 Å². The van der Waals surface area contributed by atoms with Gasteiger partial charge < -0.3 is 14.6 Å². The molecule has 3 rings (SSSR count). The molecule has 2 amide bonds. The van der Waals surface area contributed by atoms with Gasteiger partial charge in [0.05, 0.1) is 18.8 Å². The van der Waals surface area contributed by atoms with Crippen molar-refractivity contribution < 1.29 is 27.5 Å². The maximum absolute atomic E-state index is 14.5. The second kappa shape index (κ2) is 8.06.